The van der Waals surface area contributed by atoms with Crippen LogP contribution in [0.1, 0.15) is 6.42 Å². The topological polar surface area (TPSA) is 64.7 Å². The van der Waals surface area contributed by atoms with Crippen molar-refractivity contribution in [3.05, 3.63) is 12.7 Å². The Labute approximate surface area is 120 Å². The second-order valence-corrected chi connectivity index (χ2v) is 5.38. The third kappa shape index (κ3) is 4.05. The number of rotatable bonds is 5. The molecule has 2 amide bonds. The summed E-state index contributed by atoms with van der Waals surface area (Å²) in [6.07, 6.45) is 2.62. The quantitative estimate of drug-likeness (QED) is 0.637. The highest BCUT2D eigenvalue weighted by Crippen LogP contribution is 2.13. The van der Waals surface area contributed by atoms with E-state index in [9.17, 15) is 9.59 Å². The highest BCUT2D eigenvalue weighted by atomic mass is 16.2. The van der Waals surface area contributed by atoms with Crippen molar-refractivity contribution in [2.75, 3.05) is 52.4 Å². The smallest absolute Gasteiger partial charge is 0.234 e. The molecule has 1 atom stereocenters. The van der Waals surface area contributed by atoms with Gasteiger partial charge >= 0.3 is 0 Å². The molecule has 2 aliphatic rings. The Balaban J connectivity index is 1.70. The summed E-state index contributed by atoms with van der Waals surface area (Å²) in [5.74, 6) is 0.438. The van der Waals surface area contributed by atoms with Gasteiger partial charge in [0, 0.05) is 39.3 Å². The zero-order valence-corrected chi connectivity index (χ0v) is 11.9. The van der Waals surface area contributed by atoms with Crippen molar-refractivity contribution in [3.8, 4) is 0 Å². The van der Waals surface area contributed by atoms with Crippen LogP contribution in [0.3, 0.4) is 0 Å². The predicted molar refractivity (Wildman–Crippen MR) is 77.2 cm³/mol. The van der Waals surface area contributed by atoms with E-state index in [2.05, 4.69) is 22.1 Å². The average Bonchev–Trinajstić information content (AvgIpc) is 2.99. The summed E-state index contributed by atoms with van der Waals surface area (Å²) in [7, 11) is 0. The Bertz CT molecular complexity index is 358. The van der Waals surface area contributed by atoms with Crippen LogP contribution in [0.15, 0.2) is 12.7 Å². The molecule has 2 N–H and O–H groups in total. The summed E-state index contributed by atoms with van der Waals surface area (Å²) >= 11 is 0. The van der Waals surface area contributed by atoms with Crippen LogP contribution in [0.25, 0.3) is 0 Å². The maximum atomic E-state index is 12.2. The van der Waals surface area contributed by atoms with Crippen molar-refractivity contribution >= 4 is 11.8 Å². The number of hydrogen-bond donors (Lipinski definition) is 2. The molecule has 6 nitrogen and oxygen atoms in total. The Morgan fingerprint density at radius 1 is 1.30 bits per heavy atom. The fraction of sp³-hybridized carbons (Fsp3) is 0.714. The maximum absolute atomic E-state index is 12.2. The van der Waals surface area contributed by atoms with E-state index in [0.717, 1.165) is 45.7 Å². The first-order valence-electron chi connectivity index (χ1n) is 7.30. The number of nitrogens with zero attached hydrogens (tertiary/aromatic N) is 2. The molecule has 2 fully saturated rings. The van der Waals surface area contributed by atoms with E-state index < -0.39 is 0 Å². The highest BCUT2D eigenvalue weighted by molar-refractivity contribution is 5.80. The molecule has 0 saturated carbocycles. The lowest BCUT2D eigenvalue weighted by atomic mass is 10.1. The Hall–Kier alpha value is -1.40. The normalized spacial score (nSPS) is 23.6. The SMILES string of the molecule is C=CCNC(=O)CN1CCN(C(=O)C2CCNC2)CC1. The van der Waals surface area contributed by atoms with Crippen LogP contribution >= 0.6 is 0 Å². The molecule has 112 valence electrons. The Morgan fingerprint density at radius 3 is 2.65 bits per heavy atom. The number of piperazine rings is 1. The van der Waals surface area contributed by atoms with Gasteiger partial charge in [0.2, 0.25) is 11.8 Å². The minimum Gasteiger partial charge on any atom is -0.352 e. The van der Waals surface area contributed by atoms with Crippen LogP contribution in [0, 0.1) is 5.92 Å². The first-order chi connectivity index (χ1) is 9.70. The van der Waals surface area contributed by atoms with E-state index in [1.54, 1.807) is 6.08 Å². The zero-order valence-electron chi connectivity index (χ0n) is 11.9. The molecule has 0 spiro atoms. The van der Waals surface area contributed by atoms with E-state index in [4.69, 9.17) is 0 Å². The van der Waals surface area contributed by atoms with Crippen molar-refractivity contribution < 1.29 is 9.59 Å². The van der Waals surface area contributed by atoms with Crippen molar-refractivity contribution in [3.63, 3.8) is 0 Å². The van der Waals surface area contributed by atoms with E-state index >= 15 is 0 Å². The third-order valence-electron chi connectivity index (χ3n) is 3.90. The molecular formula is C14H24N4O2. The predicted octanol–water partition coefficient (Wildman–Crippen LogP) is -0.958. The van der Waals surface area contributed by atoms with Crippen molar-refractivity contribution in [1.29, 1.82) is 0 Å². The Kier molecular flexibility index (Phi) is 5.55. The van der Waals surface area contributed by atoms with Gasteiger partial charge in [0.15, 0.2) is 0 Å². The molecular weight excluding hydrogens is 256 g/mol. The summed E-state index contributed by atoms with van der Waals surface area (Å²) < 4.78 is 0. The molecule has 0 radical (unpaired) electrons. The molecule has 0 aromatic rings. The van der Waals surface area contributed by atoms with E-state index in [-0.39, 0.29) is 17.7 Å². The number of carbonyl (C=O) groups excluding carboxylic acids is 2. The molecule has 1 unspecified atom stereocenters. The fourth-order valence-electron chi connectivity index (χ4n) is 2.70. The molecule has 20 heavy (non-hydrogen) atoms. The van der Waals surface area contributed by atoms with Crippen molar-refractivity contribution in [2.45, 2.75) is 6.42 Å². The first-order valence-corrected chi connectivity index (χ1v) is 7.30. The van der Waals surface area contributed by atoms with Gasteiger partial charge < -0.3 is 15.5 Å². The lowest BCUT2D eigenvalue weighted by Crippen LogP contribution is -2.52. The van der Waals surface area contributed by atoms with Gasteiger partial charge in [0.25, 0.3) is 0 Å². The van der Waals surface area contributed by atoms with E-state index in [1.165, 1.54) is 0 Å². The molecule has 2 rings (SSSR count). The van der Waals surface area contributed by atoms with Gasteiger partial charge in [-0.3, -0.25) is 14.5 Å². The lowest BCUT2D eigenvalue weighted by Gasteiger charge is -2.35. The van der Waals surface area contributed by atoms with Gasteiger partial charge in [-0.25, -0.2) is 0 Å². The first kappa shape index (κ1) is 15.0. The summed E-state index contributed by atoms with van der Waals surface area (Å²) in [5.41, 5.74) is 0. The van der Waals surface area contributed by atoms with Gasteiger partial charge in [-0.05, 0) is 13.0 Å². The fourth-order valence-corrected chi connectivity index (χ4v) is 2.70. The van der Waals surface area contributed by atoms with Gasteiger partial charge in [0.1, 0.15) is 0 Å². The molecule has 0 aromatic carbocycles. The van der Waals surface area contributed by atoms with Crippen LogP contribution in [0.2, 0.25) is 0 Å². The number of hydrogen-bond acceptors (Lipinski definition) is 4. The maximum Gasteiger partial charge on any atom is 0.234 e. The average molecular weight is 280 g/mol. The van der Waals surface area contributed by atoms with Crippen LogP contribution in [0.4, 0.5) is 0 Å². The number of nitrogens with one attached hydrogen (secondary N) is 2. The van der Waals surface area contributed by atoms with Crippen LogP contribution in [-0.2, 0) is 9.59 Å². The molecule has 2 saturated heterocycles. The molecule has 0 aliphatic carbocycles. The molecule has 0 aromatic heterocycles. The number of carbonyl (C=O) groups is 2. The van der Waals surface area contributed by atoms with Gasteiger partial charge in [-0.1, -0.05) is 6.08 Å². The van der Waals surface area contributed by atoms with Crippen LogP contribution < -0.4 is 10.6 Å². The molecule has 6 heteroatoms. The summed E-state index contributed by atoms with van der Waals surface area (Å²) in [6.45, 7) is 9.23. The monoisotopic (exact) mass is 280 g/mol. The second-order valence-electron chi connectivity index (χ2n) is 5.38. The van der Waals surface area contributed by atoms with Crippen molar-refractivity contribution in [2.24, 2.45) is 5.92 Å². The molecule has 0 bridgehead atoms. The van der Waals surface area contributed by atoms with Crippen LogP contribution in [0.5, 0.6) is 0 Å². The largest absolute Gasteiger partial charge is 0.352 e. The third-order valence-corrected chi connectivity index (χ3v) is 3.90. The second kappa shape index (κ2) is 7.40. The zero-order chi connectivity index (χ0) is 14.4. The van der Waals surface area contributed by atoms with E-state index in [0.29, 0.717) is 13.1 Å². The minimum absolute atomic E-state index is 0.0182. The summed E-state index contributed by atoms with van der Waals surface area (Å²) in [5, 5.41) is 6.00. The van der Waals surface area contributed by atoms with Gasteiger partial charge in [-0.2, -0.15) is 0 Å². The summed E-state index contributed by atoms with van der Waals surface area (Å²) in [4.78, 5) is 27.9. The number of amides is 2. The van der Waals surface area contributed by atoms with Crippen molar-refractivity contribution in [1.82, 2.24) is 20.4 Å². The molecule has 2 aliphatic heterocycles. The van der Waals surface area contributed by atoms with E-state index in [1.807, 2.05) is 4.90 Å². The Morgan fingerprint density at radius 2 is 2.05 bits per heavy atom. The minimum atomic E-state index is 0.0182. The standard InChI is InChI=1S/C14H24N4O2/c1-2-4-16-13(19)11-17-6-8-18(9-7-17)14(20)12-3-5-15-10-12/h2,12,15H,1,3-11H2,(H,16,19). The van der Waals surface area contributed by atoms with Gasteiger partial charge in [-0.15, -0.1) is 6.58 Å². The lowest BCUT2D eigenvalue weighted by molar-refractivity contribution is -0.136. The highest BCUT2D eigenvalue weighted by Gasteiger charge is 2.29. The molecule has 2 heterocycles. The van der Waals surface area contributed by atoms with Crippen LogP contribution in [-0.4, -0.2) is 74.0 Å². The van der Waals surface area contributed by atoms with Gasteiger partial charge in [0.05, 0.1) is 12.5 Å². The summed E-state index contributed by atoms with van der Waals surface area (Å²) in [6, 6.07) is 0.